The Balaban J connectivity index is 1.37. The van der Waals surface area contributed by atoms with Gasteiger partial charge in [0.1, 0.15) is 18.2 Å². The number of alkyl carbamates (subject to hydrolysis) is 1. The molecule has 3 aromatic carbocycles. The quantitative estimate of drug-likeness (QED) is 0.560. The van der Waals surface area contributed by atoms with Gasteiger partial charge in [0.25, 0.3) is 0 Å². The van der Waals surface area contributed by atoms with E-state index in [1.165, 1.54) is 0 Å². The summed E-state index contributed by atoms with van der Waals surface area (Å²) in [5.74, 6) is -3.92. The molecule has 0 bridgehead atoms. The van der Waals surface area contributed by atoms with Crippen LogP contribution in [0.3, 0.4) is 0 Å². The minimum absolute atomic E-state index is 0.104. The highest BCUT2D eigenvalue weighted by atomic mass is 19.1. The van der Waals surface area contributed by atoms with Gasteiger partial charge in [0.2, 0.25) is 0 Å². The van der Waals surface area contributed by atoms with Crippen molar-refractivity contribution in [3.63, 3.8) is 0 Å². The zero-order valence-electron chi connectivity index (χ0n) is 17.1. The van der Waals surface area contributed by atoms with Gasteiger partial charge >= 0.3 is 12.1 Å². The highest BCUT2D eigenvalue weighted by molar-refractivity contribution is 5.79. The third-order valence-corrected chi connectivity index (χ3v) is 5.59. The first-order chi connectivity index (χ1) is 15.4. The Morgan fingerprint density at radius 2 is 1.50 bits per heavy atom. The predicted molar refractivity (Wildman–Crippen MR) is 114 cm³/mol. The van der Waals surface area contributed by atoms with Crippen LogP contribution in [0.15, 0.2) is 66.7 Å². The van der Waals surface area contributed by atoms with Crippen molar-refractivity contribution >= 4 is 12.1 Å². The fraction of sp³-hybridized carbons (Fsp3) is 0.200. The molecule has 0 unspecified atom stereocenters. The molecule has 164 valence electrons. The molecule has 0 radical (unpaired) electrons. The fourth-order valence-electron chi connectivity index (χ4n) is 4.12. The van der Waals surface area contributed by atoms with Crippen LogP contribution in [0.25, 0.3) is 11.1 Å². The fourth-order valence-corrected chi connectivity index (χ4v) is 4.12. The molecule has 32 heavy (non-hydrogen) atoms. The molecule has 0 aromatic heterocycles. The molecule has 0 heterocycles. The lowest BCUT2D eigenvalue weighted by molar-refractivity contribution is -0.141. The minimum Gasteiger partial charge on any atom is -0.481 e. The van der Waals surface area contributed by atoms with E-state index >= 15 is 0 Å². The predicted octanol–water partition coefficient (Wildman–Crippen LogP) is 4.75. The Bertz CT molecular complexity index is 1100. The van der Waals surface area contributed by atoms with Crippen LogP contribution in [-0.4, -0.2) is 30.3 Å². The summed E-state index contributed by atoms with van der Waals surface area (Å²) >= 11 is 0. The Labute approximate surface area is 183 Å². The molecule has 3 aromatic rings. The molecule has 1 aliphatic rings. The molecule has 1 aliphatic carbocycles. The second kappa shape index (κ2) is 9.18. The number of rotatable bonds is 7. The number of carbonyl (C=O) groups is 2. The van der Waals surface area contributed by atoms with E-state index in [0.29, 0.717) is 6.07 Å². The number of carboxylic acids is 1. The van der Waals surface area contributed by atoms with Crippen LogP contribution in [0, 0.1) is 17.6 Å². The van der Waals surface area contributed by atoms with Gasteiger partial charge < -0.3 is 15.2 Å². The van der Waals surface area contributed by atoms with Crippen molar-refractivity contribution in [3.8, 4) is 11.1 Å². The number of aliphatic carboxylic acids is 1. The third kappa shape index (κ3) is 4.61. The lowest BCUT2D eigenvalue weighted by Crippen LogP contribution is -2.35. The summed E-state index contributed by atoms with van der Waals surface area (Å²) in [4.78, 5) is 23.8. The highest BCUT2D eigenvalue weighted by Gasteiger charge is 2.29. The summed E-state index contributed by atoms with van der Waals surface area (Å²) in [5, 5.41) is 11.9. The van der Waals surface area contributed by atoms with Crippen LogP contribution in [0.1, 0.15) is 22.6 Å². The molecular formula is C25H21F2NO4. The zero-order valence-corrected chi connectivity index (χ0v) is 17.1. The Morgan fingerprint density at radius 3 is 2.06 bits per heavy atom. The van der Waals surface area contributed by atoms with E-state index in [4.69, 9.17) is 4.74 Å². The first-order valence-electron chi connectivity index (χ1n) is 10.2. The highest BCUT2D eigenvalue weighted by Crippen LogP contribution is 2.44. The van der Waals surface area contributed by atoms with Crippen LogP contribution >= 0.6 is 0 Å². The van der Waals surface area contributed by atoms with E-state index in [9.17, 15) is 23.5 Å². The monoisotopic (exact) mass is 437 g/mol. The van der Waals surface area contributed by atoms with Crippen LogP contribution in [0.5, 0.6) is 0 Å². The van der Waals surface area contributed by atoms with Crippen LogP contribution in [0.4, 0.5) is 13.6 Å². The number of amides is 1. The largest absolute Gasteiger partial charge is 0.481 e. The standard InChI is InChI=1S/C25H21F2NO4/c26-17-10-15(11-18(27)12-17)9-16(24(29)30)13-28-25(31)32-14-23-21-7-3-1-5-19(21)20-6-2-4-8-22(20)23/h1-8,10-12,16,23H,9,13-14H2,(H,28,31)(H,29,30)/t16-/m1/s1. The van der Waals surface area contributed by atoms with Gasteiger partial charge in [-0.1, -0.05) is 48.5 Å². The third-order valence-electron chi connectivity index (χ3n) is 5.59. The van der Waals surface area contributed by atoms with Gasteiger partial charge in [-0.2, -0.15) is 0 Å². The summed E-state index contributed by atoms with van der Waals surface area (Å²) in [6.45, 7) is -0.128. The normalized spacial score (nSPS) is 13.2. The van der Waals surface area contributed by atoms with Crippen molar-refractivity contribution in [1.82, 2.24) is 5.32 Å². The topological polar surface area (TPSA) is 75.6 Å². The van der Waals surface area contributed by atoms with Crippen molar-refractivity contribution in [2.45, 2.75) is 12.3 Å². The molecule has 0 spiro atoms. The van der Waals surface area contributed by atoms with Crippen molar-refractivity contribution in [1.29, 1.82) is 0 Å². The van der Waals surface area contributed by atoms with Gasteiger partial charge in [-0.25, -0.2) is 13.6 Å². The number of fused-ring (bicyclic) bond motifs is 3. The van der Waals surface area contributed by atoms with E-state index in [-0.39, 0.29) is 31.1 Å². The molecule has 0 fully saturated rings. The molecule has 7 heteroatoms. The smallest absolute Gasteiger partial charge is 0.407 e. The Kier molecular flexibility index (Phi) is 6.16. The average molecular weight is 437 g/mol. The van der Waals surface area contributed by atoms with E-state index in [2.05, 4.69) is 5.32 Å². The Hall–Kier alpha value is -3.74. The number of halogens is 2. The molecule has 5 nitrogen and oxygen atoms in total. The molecule has 0 saturated carbocycles. The van der Waals surface area contributed by atoms with Crippen LogP contribution < -0.4 is 5.32 Å². The van der Waals surface area contributed by atoms with E-state index in [1.54, 1.807) is 0 Å². The SMILES string of the molecule is O=C(NC[C@@H](Cc1cc(F)cc(F)c1)C(=O)O)OCC1c2ccccc2-c2ccccc21. The van der Waals surface area contributed by atoms with Crippen molar-refractivity contribution in [2.24, 2.45) is 5.92 Å². The molecule has 0 saturated heterocycles. The second-order valence-electron chi connectivity index (χ2n) is 7.72. The van der Waals surface area contributed by atoms with E-state index < -0.39 is 29.6 Å². The first kappa shape index (κ1) is 21.5. The van der Waals surface area contributed by atoms with Crippen molar-refractivity contribution in [3.05, 3.63) is 95.1 Å². The van der Waals surface area contributed by atoms with Gasteiger partial charge in [-0.05, 0) is 46.4 Å². The number of carboxylic acid groups (broad SMARTS) is 1. The summed E-state index contributed by atoms with van der Waals surface area (Å²) in [7, 11) is 0. The first-order valence-corrected chi connectivity index (χ1v) is 10.2. The number of carbonyl (C=O) groups excluding carboxylic acids is 1. The lowest BCUT2D eigenvalue weighted by Gasteiger charge is -2.16. The number of hydrogen-bond acceptors (Lipinski definition) is 3. The molecular weight excluding hydrogens is 416 g/mol. The maximum atomic E-state index is 13.4. The van der Waals surface area contributed by atoms with Gasteiger partial charge in [-0.15, -0.1) is 0 Å². The summed E-state index contributed by atoms with van der Waals surface area (Å²) in [6.07, 6.45) is -0.878. The van der Waals surface area contributed by atoms with Gasteiger partial charge in [0.05, 0.1) is 5.92 Å². The van der Waals surface area contributed by atoms with Crippen LogP contribution in [-0.2, 0) is 16.0 Å². The number of nitrogens with one attached hydrogen (secondary N) is 1. The van der Waals surface area contributed by atoms with Gasteiger partial charge in [0.15, 0.2) is 0 Å². The lowest BCUT2D eigenvalue weighted by atomic mass is 9.98. The molecule has 1 atom stereocenters. The summed E-state index contributed by atoms with van der Waals surface area (Å²) in [6, 6.07) is 18.7. The molecule has 4 rings (SSSR count). The molecule has 1 amide bonds. The van der Waals surface area contributed by atoms with Crippen molar-refractivity contribution in [2.75, 3.05) is 13.2 Å². The van der Waals surface area contributed by atoms with Gasteiger partial charge in [-0.3, -0.25) is 4.79 Å². The van der Waals surface area contributed by atoms with E-state index in [1.807, 2.05) is 48.5 Å². The maximum absolute atomic E-state index is 13.4. The molecule has 0 aliphatic heterocycles. The Morgan fingerprint density at radius 1 is 0.938 bits per heavy atom. The maximum Gasteiger partial charge on any atom is 0.407 e. The second-order valence-corrected chi connectivity index (χ2v) is 7.72. The molecule has 2 N–H and O–H groups in total. The van der Waals surface area contributed by atoms with Crippen molar-refractivity contribution < 1.29 is 28.2 Å². The van der Waals surface area contributed by atoms with E-state index in [0.717, 1.165) is 34.4 Å². The van der Waals surface area contributed by atoms with Gasteiger partial charge in [0, 0.05) is 18.5 Å². The number of benzene rings is 3. The zero-order chi connectivity index (χ0) is 22.7. The summed E-state index contributed by atoms with van der Waals surface area (Å²) in [5.41, 5.74) is 4.54. The minimum atomic E-state index is -1.19. The number of ether oxygens (including phenoxy) is 1. The van der Waals surface area contributed by atoms with Crippen LogP contribution in [0.2, 0.25) is 0 Å². The average Bonchev–Trinajstić information content (AvgIpc) is 3.08. The summed E-state index contributed by atoms with van der Waals surface area (Å²) < 4.78 is 32.1. The number of hydrogen-bond donors (Lipinski definition) is 2.